The normalized spacial score (nSPS) is 11.9. The lowest BCUT2D eigenvalue weighted by atomic mass is 10.1. The number of benzene rings is 2. The molecule has 0 aliphatic rings. The molecule has 36 heavy (non-hydrogen) atoms. The second-order valence-corrected chi connectivity index (χ2v) is 7.18. The van der Waals surface area contributed by atoms with Gasteiger partial charge in [0.1, 0.15) is 11.5 Å². The molecule has 0 aliphatic carbocycles. The molecule has 3 rings (SSSR count). The van der Waals surface area contributed by atoms with Gasteiger partial charge in [0, 0.05) is 6.20 Å². The average Bonchev–Trinajstić information content (AvgIpc) is 2.90. The van der Waals surface area contributed by atoms with Gasteiger partial charge in [0.05, 0.1) is 37.2 Å². The molecule has 1 heterocycles. The van der Waals surface area contributed by atoms with Crippen LogP contribution in [-0.4, -0.2) is 60.3 Å². The number of aliphatic carboxylic acids is 1. The van der Waals surface area contributed by atoms with Crippen LogP contribution in [0.3, 0.4) is 0 Å². The van der Waals surface area contributed by atoms with E-state index in [1.807, 2.05) is 0 Å². The molecule has 3 aromatic rings. The second kappa shape index (κ2) is 12.0. The second-order valence-electron chi connectivity index (χ2n) is 7.18. The van der Waals surface area contributed by atoms with Crippen LogP contribution in [0.5, 0.6) is 11.5 Å². The van der Waals surface area contributed by atoms with Crippen LogP contribution >= 0.6 is 0 Å². The smallest absolute Gasteiger partial charge is 0.349 e. The Labute approximate surface area is 205 Å². The summed E-state index contributed by atoms with van der Waals surface area (Å²) in [6.07, 6.45) is -1.48. The third kappa shape index (κ3) is 6.56. The van der Waals surface area contributed by atoms with Crippen LogP contribution in [0.25, 0.3) is 0 Å². The summed E-state index contributed by atoms with van der Waals surface area (Å²) >= 11 is 0. The molecular weight excluding hydrogens is 472 g/mol. The highest BCUT2D eigenvalue weighted by atomic mass is 16.6. The number of carboxylic acids is 1. The zero-order chi connectivity index (χ0) is 26.1. The van der Waals surface area contributed by atoms with E-state index in [0.717, 1.165) is 0 Å². The number of anilines is 1. The summed E-state index contributed by atoms with van der Waals surface area (Å²) in [5.74, 6) is -4.21. The predicted octanol–water partition coefficient (Wildman–Crippen LogP) is 2.57. The quantitative estimate of drug-likeness (QED) is 0.403. The standard InChI is InChI=1S/C25H22N2O9/c1-33-18-9-3-6-15(12-18)24(31)35-20(22(28)27-17-8-5-11-26-14-17)21(23(29)30)36-25(32)16-7-4-10-19(13-16)34-2/h3-14,20-21H,1-2H3,(H,27,28)(H,29,30). The molecule has 11 nitrogen and oxygen atoms in total. The first kappa shape index (κ1) is 25.7. The van der Waals surface area contributed by atoms with E-state index in [4.69, 9.17) is 18.9 Å². The number of ether oxygens (including phenoxy) is 4. The summed E-state index contributed by atoms with van der Waals surface area (Å²) in [6, 6.07) is 14.6. The number of aromatic nitrogens is 1. The molecule has 0 bridgehead atoms. The van der Waals surface area contributed by atoms with E-state index >= 15 is 0 Å². The molecule has 2 atom stereocenters. The third-order valence-electron chi connectivity index (χ3n) is 4.78. The minimum Gasteiger partial charge on any atom is -0.497 e. The molecule has 2 unspecified atom stereocenters. The molecule has 0 spiro atoms. The lowest BCUT2D eigenvalue weighted by molar-refractivity contribution is -0.157. The van der Waals surface area contributed by atoms with Gasteiger partial charge in [-0.2, -0.15) is 0 Å². The number of pyridine rings is 1. The van der Waals surface area contributed by atoms with E-state index in [-0.39, 0.29) is 16.8 Å². The lowest BCUT2D eigenvalue weighted by Crippen LogP contribution is -2.48. The van der Waals surface area contributed by atoms with Crippen molar-refractivity contribution in [1.82, 2.24) is 4.98 Å². The predicted molar refractivity (Wildman–Crippen MR) is 125 cm³/mol. The van der Waals surface area contributed by atoms with E-state index in [1.54, 1.807) is 12.1 Å². The van der Waals surface area contributed by atoms with Gasteiger partial charge in [0.25, 0.3) is 5.91 Å². The molecule has 0 saturated carbocycles. The van der Waals surface area contributed by atoms with E-state index in [2.05, 4.69) is 10.3 Å². The molecule has 2 aromatic carbocycles. The monoisotopic (exact) mass is 494 g/mol. The third-order valence-corrected chi connectivity index (χ3v) is 4.78. The SMILES string of the molecule is COc1cccc(C(=O)OC(C(=O)O)C(OC(=O)c2cccc(OC)c2)C(=O)Nc2cccnc2)c1. The number of nitrogens with one attached hydrogen (secondary N) is 1. The number of methoxy groups -OCH3 is 2. The molecule has 0 aliphatic heterocycles. The largest absolute Gasteiger partial charge is 0.497 e. The van der Waals surface area contributed by atoms with Gasteiger partial charge in [-0.25, -0.2) is 14.4 Å². The highest BCUT2D eigenvalue weighted by Gasteiger charge is 2.41. The number of amides is 1. The Bertz CT molecular complexity index is 1250. The van der Waals surface area contributed by atoms with E-state index in [0.29, 0.717) is 11.5 Å². The molecule has 11 heteroatoms. The van der Waals surface area contributed by atoms with Crippen molar-refractivity contribution in [2.75, 3.05) is 19.5 Å². The summed E-state index contributed by atoms with van der Waals surface area (Å²) < 4.78 is 20.5. The number of rotatable bonds is 10. The van der Waals surface area contributed by atoms with Gasteiger partial charge in [-0.1, -0.05) is 12.1 Å². The number of hydrogen-bond acceptors (Lipinski definition) is 9. The van der Waals surface area contributed by atoms with Gasteiger partial charge in [0.15, 0.2) is 0 Å². The summed E-state index contributed by atoms with van der Waals surface area (Å²) in [7, 11) is 2.79. The van der Waals surface area contributed by atoms with Crippen molar-refractivity contribution in [3.05, 3.63) is 84.2 Å². The molecule has 1 aromatic heterocycles. The zero-order valence-electron chi connectivity index (χ0n) is 19.2. The van der Waals surface area contributed by atoms with Crippen molar-refractivity contribution in [1.29, 1.82) is 0 Å². The Morgan fingerprint density at radius 3 is 1.83 bits per heavy atom. The highest BCUT2D eigenvalue weighted by Crippen LogP contribution is 2.19. The van der Waals surface area contributed by atoms with Gasteiger partial charge in [-0.05, 0) is 48.5 Å². The Morgan fingerprint density at radius 1 is 0.806 bits per heavy atom. The van der Waals surface area contributed by atoms with Crippen molar-refractivity contribution in [2.45, 2.75) is 12.2 Å². The molecule has 186 valence electrons. The fraction of sp³-hybridized carbons (Fsp3) is 0.160. The minimum absolute atomic E-state index is 0.0169. The Kier molecular flexibility index (Phi) is 8.54. The van der Waals surface area contributed by atoms with Crippen LogP contribution in [0.2, 0.25) is 0 Å². The zero-order valence-corrected chi connectivity index (χ0v) is 19.2. The molecule has 1 amide bonds. The number of nitrogens with zero attached hydrogens (tertiary/aromatic N) is 1. The van der Waals surface area contributed by atoms with Gasteiger partial charge < -0.3 is 29.4 Å². The number of hydrogen-bond donors (Lipinski definition) is 2. The van der Waals surface area contributed by atoms with Gasteiger partial charge in [-0.15, -0.1) is 0 Å². The minimum atomic E-state index is -2.19. The maximum atomic E-state index is 13.1. The summed E-state index contributed by atoms with van der Waals surface area (Å²) in [6.45, 7) is 0. The Morgan fingerprint density at radius 2 is 1.36 bits per heavy atom. The highest BCUT2D eigenvalue weighted by molar-refractivity contribution is 6.01. The fourth-order valence-corrected chi connectivity index (χ4v) is 3.01. The molecule has 0 fully saturated rings. The van der Waals surface area contributed by atoms with Gasteiger partial charge in [-0.3, -0.25) is 9.78 Å². The molecule has 0 radical (unpaired) electrons. The first-order chi connectivity index (χ1) is 17.3. The van der Waals surface area contributed by atoms with Crippen LogP contribution in [-0.2, 0) is 19.1 Å². The van der Waals surface area contributed by atoms with Gasteiger partial charge >= 0.3 is 17.9 Å². The first-order valence-corrected chi connectivity index (χ1v) is 10.5. The maximum Gasteiger partial charge on any atom is 0.349 e. The van der Waals surface area contributed by atoms with Crippen molar-refractivity contribution < 1.29 is 43.2 Å². The van der Waals surface area contributed by atoms with Crippen molar-refractivity contribution in [2.24, 2.45) is 0 Å². The van der Waals surface area contributed by atoms with Crippen LogP contribution in [0.15, 0.2) is 73.1 Å². The number of carbonyl (C=O) groups excluding carboxylic acids is 3. The van der Waals surface area contributed by atoms with Crippen LogP contribution < -0.4 is 14.8 Å². The van der Waals surface area contributed by atoms with Crippen molar-refractivity contribution in [3.63, 3.8) is 0 Å². The maximum absolute atomic E-state index is 13.1. The number of carboxylic acid groups (broad SMARTS) is 1. The van der Waals surface area contributed by atoms with E-state index in [1.165, 1.54) is 75.1 Å². The summed E-state index contributed by atoms with van der Waals surface area (Å²) in [5.41, 5.74) is 0.149. The summed E-state index contributed by atoms with van der Waals surface area (Å²) in [4.78, 5) is 54.6. The number of esters is 2. The Balaban J connectivity index is 1.91. The Hall–Kier alpha value is -4.93. The van der Waals surface area contributed by atoms with Crippen molar-refractivity contribution in [3.8, 4) is 11.5 Å². The fourth-order valence-electron chi connectivity index (χ4n) is 3.01. The van der Waals surface area contributed by atoms with Crippen LogP contribution in [0.1, 0.15) is 20.7 Å². The van der Waals surface area contributed by atoms with E-state index in [9.17, 15) is 24.3 Å². The first-order valence-electron chi connectivity index (χ1n) is 10.5. The molecular formula is C25H22N2O9. The average molecular weight is 494 g/mol. The van der Waals surface area contributed by atoms with Crippen LogP contribution in [0, 0.1) is 0 Å². The van der Waals surface area contributed by atoms with E-state index < -0.39 is 36.0 Å². The van der Waals surface area contributed by atoms with Crippen molar-refractivity contribution >= 4 is 29.5 Å². The van der Waals surface area contributed by atoms with Gasteiger partial charge in [0.2, 0.25) is 12.2 Å². The molecule has 2 N–H and O–H groups in total. The topological polar surface area (TPSA) is 150 Å². The van der Waals surface area contributed by atoms with Crippen LogP contribution in [0.4, 0.5) is 5.69 Å². The lowest BCUT2D eigenvalue weighted by Gasteiger charge is -2.23. The summed E-state index contributed by atoms with van der Waals surface area (Å²) in [5, 5.41) is 12.2. The number of carbonyl (C=O) groups is 4. The molecule has 0 saturated heterocycles.